The first kappa shape index (κ1) is 20.6. The Kier molecular flexibility index (Phi) is 6.06. The van der Waals surface area contributed by atoms with E-state index < -0.39 is 12.1 Å². The van der Waals surface area contributed by atoms with E-state index in [1.54, 1.807) is 12.4 Å². The summed E-state index contributed by atoms with van der Waals surface area (Å²) in [6.45, 7) is 3.33. The average molecular weight is 409 g/mol. The smallest absolute Gasteiger partial charge is 0.475 e. The molecule has 0 aromatic carbocycles. The van der Waals surface area contributed by atoms with E-state index in [9.17, 15) is 18.0 Å². The van der Waals surface area contributed by atoms with Gasteiger partial charge in [0, 0.05) is 38.3 Å². The number of alkyl halides is 3. The van der Waals surface area contributed by atoms with Crippen LogP contribution in [0.5, 0.6) is 0 Å². The largest absolute Gasteiger partial charge is 0.490 e. The van der Waals surface area contributed by atoms with Crippen LogP contribution in [-0.4, -0.2) is 62.6 Å². The fourth-order valence-corrected chi connectivity index (χ4v) is 3.46. The van der Waals surface area contributed by atoms with Crippen molar-refractivity contribution in [3.63, 3.8) is 0 Å². The van der Waals surface area contributed by atoms with Crippen molar-refractivity contribution in [2.24, 2.45) is 11.8 Å². The Bertz CT molecular complexity index is 851. The third-order valence-electron chi connectivity index (χ3n) is 4.73. The molecule has 2 aliphatic heterocycles. The van der Waals surface area contributed by atoms with Crippen LogP contribution in [0.4, 0.5) is 18.9 Å². The van der Waals surface area contributed by atoms with Crippen LogP contribution in [0.15, 0.2) is 43.1 Å². The molecular weight excluding hydrogens is 391 g/mol. The number of aliphatic carboxylic acids is 1. The number of rotatable bonds is 3. The fourth-order valence-electron chi connectivity index (χ4n) is 3.46. The number of aromatic nitrogens is 3. The van der Waals surface area contributed by atoms with Gasteiger partial charge in [0.05, 0.1) is 29.7 Å². The lowest BCUT2D eigenvalue weighted by Crippen LogP contribution is -2.32. The second-order valence-corrected chi connectivity index (χ2v) is 6.73. The minimum atomic E-state index is -5.08. The maximum atomic E-state index is 12.6. The first-order valence-electron chi connectivity index (χ1n) is 8.74. The number of halogens is 3. The van der Waals surface area contributed by atoms with Gasteiger partial charge in [-0.2, -0.15) is 13.2 Å². The van der Waals surface area contributed by atoms with Gasteiger partial charge >= 0.3 is 12.1 Å². The normalized spacial score (nSPS) is 21.5. The predicted octanol–water partition coefficient (Wildman–Crippen LogP) is 1.60. The molecule has 154 valence electrons. The average Bonchev–Trinajstić information content (AvgIpc) is 3.22. The van der Waals surface area contributed by atoms with Crippen LogP contribution >= 0.6 is 0 Å². The monoisotopic (exact) mass is 409 g/mol. The van der Waals surface area contributed by atoms with Gasteiger partial charge in [-0.15, -0.1) is 0 Å². The molecule has 2 saturated heterocycles. The summed E-state index contributed by atoms with van der Waals surface area (Å²) in [5.41, 5.74) is 1.86. The van der Waals surface area contributed by atoms with Gasteiger partial charge in [0.25, 0.3) is 0 Å². The summed E-state index contributed by atoms with van der Waals surface area (Å²) in [5.74, 6) is -2.09. The first-order chi connectivity index (χ1) is 13.8. The number of carboxylic acids is 1. The molecule has 29 heavy (non-hydrogen) atoms. The molecule has 2 aliphatic rings. The fraction of sp³-hybridized carbons (Fsp3) is 0.389. The number of nitrogens with zero attached hydrogens (tertiary/aromatic N) is 5. The van der Waals surface area contributed by atoms with E-state index >= 15 is 0 Å². The SMILES string of the molecule is O=C(O)C(F)(F)F.O=C1[C@H]2CN(Cc3ccccn3)C[C@H]2CN1c1cncnc1. The van der Waals surface area contributed by atoms with Crippen molar-refractivity contribution in [1.29, 1.82) is 0 Å². The Hall–Kier alpha value is -3.08. The molecule has 4 heterocycles. The highest BCUT2D eigenvalue weighted by atomic mass is 19.4. The van der Waals surface area contributed by atoms with Crippen molar-refractivity contribution in [3.05, 3.63) is 48.8 Å². The van der Waals surface area contributed by atoms with Crippen LogP contribution in [0.3, 0.4) is 0 Å². The molecule has 0 bridgehead atoms. The quantitative estimate of drug-likeness (QED) is 0.822. The van der Waals surface area contributed by atoms with Gasteiger partial charge < -0.3 is 10.0 Å². The maximum absolute atomic E-state index is 12.6. The van der Waals surface area contributed by atoms with Crippen LogP contribution in [0.2, 0.25) is 0 Å². The number of fused-ring (bicyclic) bond motifs is 1. The zero-order chi connectivity index (χ0) is 21.0. The second-order valence-electron chi connectivity index (χ2n) is 6.73. The standard InChI is InChI=1S/C16H17N5O.C2HF3O2/c22-16-15-10-20(9-13-3-1-2-4-19-13)7-12(15)8-21(16)14-5-17-11-18-6-14;3-2(4,5)1(6)7/h1-6,11-12,15H,7-10H2;(H,6,7)/t12-,15-;/m0./s1. The van der Waals surface area contributed by atoms with Crippen molar-refractivity contribution >= 4 is 17.6 Å². The summed E-state index contributed by atoms with van der Waals surface area (Å²) >= 11 is 0. The zero-order valence-electron chi connectivity index (χ0n) is 15.2. The Morgan fingerprint density at radius 2 is 1.86 bits per heavy atom. The van der Waals surface area contributed by atoms with Crippen LogP contribution in [0.25, 0.3) is 0 Å². The summed E-state index contributed by atoms with van der Waals surface area (Å²) in [4.78, 5) is 38.0. The van der Waals surface area contributed by atoms with E-state index in [1.165, 1.54) is 6.33 Å². The number of anilines is 1. The summed E-state index contributed by atoms with van der Waals surface area (Å²) in [7, 11) is 0. The Morgan fingerprint density at radius 1 is 1.17 bits per heavy atom. The van der Waals surface area contributed by atoms with Gasteiger partial charge in [-0.05, 0) is 12.1 Å². The van der Waals surface area contributed by atoms with Gasteiger partial charge in [-0.25, -0.2) is 14.8 Å². The molecule has 8 nitrogen and oxygen atoms in total. The predicted molar refractivity (Wildman–Crippen MR) is 94.6 cm³/mol. The highest BCUT2D eigenvalue weighted by Gasteiger charge is 2.46. The molecule has 1 amide bonds. The Balaban J connectivity index is 0.000000298. The van der Waals surface area contributed by atoms with E-state index in [4.69, 9.17) is 9.90 Å². The molecule has 0 saturated carbocycles. The summed E-state index contributed by atoms with van der Waals surface area (Å²) in [5, 5.41) is 7.12. The molecule has 0 radical (unpaired) electrons. The van der Waals surface area contributed by atoms with E-state index in [1.807, 2.05) is 29.3 Å². The van der Waals surface area contributed by atoms with Crippen molar-refractivity contribution in [3.8, 4) is 0 Å². The number of carbonyl (C=O) groups excluding carboxylic acids is 1. The molecule has 4 rings (SSSR count). The molecule has 2 aromatic heterocycles. The van der Waals surface area contributed by atoms with E-state index in [-0.39, 0.29) is 11.8 Å². The number of hydrogen-bond acceptors (Lipinski definition) is 6. The molecule has 2 aromatic rings. The lowest BCUT2D eigenvalue weighted by atomic mass is 10.0. The molecule has 1 N–H and O–H groups in total. The van der Waals surface area contributed by atoms with Gasteiger partial charge in [-0.3, -0.25) is 14.7 Å². The van der Waals surface area contributed by atoms with Crippen LogP contribution in [0, 0.1) is 11.8 Å². The highest BCUT2D eigenvalue weighted by Crippen LogP contribution is 2.35. The van der Waals surface area contributed by atoms with Crippen LogP contribution < -0.4 is 4.90 Å². The number of amides is 1. The summed E-state index contributed by atoms with van der Waals surface area (Å²) in [6, 6.07) is 5.95. The van der Waals surface area contributed by atoms with Gasteiger partial charge in [0.1, 0.15) is 6.33 Å². The van der Waals surface area contributed by atoms with E-state index in [0.717, 1.165) is 37.6 Å². The minimum absolute atomic E-state index is 0.0870. The Labute approximate surface area is 164 Å². The zero-order valence-corrected chi connectivity index (χ0v) is 15.2. The summed E-state index contributed by atoms with van der Waals surface area (Å²) < 4.78 is 31.7. The van der Waals surface area contributed by atoms with Crippen LogP contribution in [-0.2, 0) is 16.1 Å². The number of carboxylic acid groups (broad SMARTS) is 1. The molecule has 0 spiro atoms. The van der Waals surface area contributed by atoms with Crippen molar-refractivity contribution in [2.75, 3.05) is 24.5 Å². The molecule has 0 unspecified atom stereocenters. The van der Waals surface area contributed by atoms with Crippen molar-refractivity contribution in [1.82, 2.24) is 19.9 Å². The molecule has 11 heteroatoms. The van der Waals surface area contributed by atoms with Gasteiger partial charge in [0.2, 0.25) is 5.91 Å². The van der Waals surface area contributed by atoms with Gasteiger partial charge in [-0.1, -0.05) is 6.07 Å². The van der Waals surface area contributed by atoms with E-state index in [0.29, 0.717) is 5.92 Å². The molecule has 2 atom stereocenters. The number of pyridine rings is 1. The third kappa shape index (κ3) is 5.05. The van der Waals surface area contributed by atoms with E-state index in [2.05, 4.69) is 19.9 Å². The maximum Gasteiger partial charge on any atom is 0.490 e. The topological polar surface area (TPSA) is 99.5 Å². The molecular formula is C18H18F3N5O3. The lowest BCUT2D eigenvalue weighted by molar-refractivity contribution is -0.192. The number of hydrogen-bond donors (Lipinski definition) is 1. The second kappa shape index (κ2) is 8.52. The van der Waals surface area contributed by atoms with Crippen molar-refractivity contribution < 1.29 is 27.9 Å². The molecule has 2 fully saturated rings. The van der Waals surface area contributed by atoms with Crippen molar-refractivity contribution in [2.45, 2.75) is 12.7 Å². The Morgan fingerprint density at radius 3 is 2.41 bits per heavy atom. The lowest BCUT2D eigenvalue weighted by Gasteiger charge is -2.20. The molecule has 0 aliphatic carbocycles. The van der Waals surface area contributed by atoms with Gasteiger partial charge in [0.15, 0.2) is 0 Å². The first-order valence-corrected chi connectivity index (χ1v) is 8.74. The van der Waals surface area contributed by atoms with Crippen LogP contribution in [0.1, 0.15) is 5.69 Å². The third-order valence-corrected chi connectivity index (χ3v) is 4.73. The number of carbonyl (C=O) groups is 2. The minimum Gasteiger partial charge on any atom is -0.475 e. The number of likely N-dealkylation sites (tertiary alicyclic amines) is 1. The highest BCUT2D eigenvalue weighted by molar-refractivity contribution is 5.97. The summed E-state index contributed by atoms with van der Waals surface area (Å²) in [6.07, 6.45) is 1.63.